The number of benzene rings is 2. The first kappa shape index (κ1) is 19.3. The summed E-state index contributed by atoms with van der Waals surface area (Å²) in [6, 6.07) is 13.0. The second-order valence-electron chi connectivity index (χ2n) is 5.79. The first-order valence-corrected chi connectivity index (χ1v) is 8.30. The molecule has 0 atom stereocenters. The zero-order chi connectivity index (χ0) is 19.1. The molecule has 2 amide bonds. The third-order valence-electron chi connectivity index (χ3n) is 3.27. The van der Waals surface area contributed by atoms with E-state index in [0.29, 0.717) is 27.6 Å². The number of ether oxygens (including phenoxy) is 1. The highest BCUT2D eigenvalue weighted by Gasteiger charge is 2.15. The van der Waals surface area contributed by atoms with E-state index in [9.17, 15) is 9.59 Å². The van der Waals surface area contributed by atoms with Crippen LogP contribution in [0.15, 0.2) is 42.5 Å². The van der Waals surface area contributed by atoms with Crippen molar-refractivity contribution < 1.29 is 14.3 Å². The Kier molecular flexibility index (Phi) is 6.59. The normalized spacial score (nSPS) is 10.1. The number of carbonyl (C=O) groups excluding carboxylic acids is 2. The molecule has 0 heterocycles. The molecule has 0 radical (unpaired) electrons. The van der Waals surface area contributed by atoms with Crippen molar-refractivity contribution in [3.63, 3.8) is 0 Å². The lowest BCUT2D eigenvalue weighted by Crippen LogP contribution is -2.31. The standard InChI is InChI=1S/C19H18ClN3O3/c1-12(2)22-19(25)16-8-5-14(20)9-17(16)23-18(24)11-26-15-6-3-13(10-21)4-7-15/h3-9,12H,11H2,1-2H3,(H,22,25)(H,23,24). The summed E-state index contributed by atoms with van der Waals surface area (Å²) in [6.45, 7) is 3.44. The fourth-order valence-electron chi connectivity index (χ4n) is 2.12. The molecule has 0 aliphatic rings. The summed E-state index contributed by atoms with van der Waals surface area (Å²) in [7, 11) is 0. The summed E-state index contributed by atoms with van der Waals surface area (Å²) < 4.78 is 5.38. The van der Waals surface area contributed by atoms with Gasteiger partial charge in [0.25, 0.3) is 11.8 Å². The van der Waals surface area contributed by atoms with Gasteiger partial charge in [0.2, 0.25) is 0 Å². The number of amides is 2. The van der Waals surface area contributed by atoms with E-state index in [1.165, 1.54) is 6.07 Å². The van der Waals surface area contributed by atoms with Crippen LogP contribution in [-0.2, 0) is 4.79 Å². The largest absolute Gasteiger partial charge is 0.484 e. The molecule has 2 rings (SSSR count). The number of rotatable bonds is 6. The quantitative estimate of drug-likeness (QED) is 0.814. The van der Waals surface area contributed by atoms with E-state index in [1.54, 1.807) is 36.4 Å². The van der Waals surface area contributed by atoms with Gasteiger partial charge >= 0.3 is 0 Å². The van der Waals surface area contributed by atoms with Crippen LogP contribution in [0.25, 0.3) is 0 Å². The number of halogens is 1. The number of nitrogens with one attached hydrogen (secondary N) is 2. The van der Waals surface area contributed by atoms with Crippen LogP contribution in [0.2, 0.25) is 5.02 Å². The fraction of sp³-hybridized carbons (Fsp3) is 0.211. The summed E-state index contributed by atoms with van der Waals surface area (Å²) in [5.41, 5.74) is 1.13. The Hall–Kier alpha value is -3.04. The topological polar surface area (TPSA) is 91.2 Å². The minimum atomic E-state index is -0.435. The molecule has 0 aromatic heterocycles. The minimum Gasteiger partial charge on any atom is -0.484 e. The Morgan fingerprint density at radius 2 is 1.88 bits per heavy atom. The Morgan fingerprint density at radius 1 is 1.19 bits per heavy atom. The van der Waals surface area contributed by atoms with Crippen molar-refractivity contribution in [2.24, 2.45) is 0 Å². The molecule has 0 bridgehead atoms. The number of carbonyl (C=O) groups is 2. The van der Waals surface area contributed by atoms with Crippen molar-refractivity contribution in [3.05, 3.63) is 58.6 Å². The predicted octanol–water partition coefficient (Wildman–Crippen LogP) is 3.37. The van der Waals surface area contributed by atoms with Gasteiger partial charge in [0, 0.05) is 11.1 Å². The van der Waals surface area contributed by atoms with Crippen LogP contribution in [0.3, 0.4) is 0 Å². The molecule has 0 aliphatic heterocycles. The molecule has 2 N–H and O–H groups in total. The molecule has 134 valence electrons. The molecular weight excluding hydrogens is 354 g/mol. The first-order chi connectivity index (χ1) is 12.4. The average Bonchev–Trinajstić information content (AvgIpc) is 2.60. The monoisotopic (exact) mass is 371 g/mol. The van der Waals surface area contributed by atoms with Gasteiger partial charge in [0.1, 0.15) is 5.75 Å². The minimum absolute atomic E-state index is 0.0403. The molecule has 7 heteroatoms. The van der Waals surface area contributed by atoms with Crippen LogP contribution in [0, 0.1) is 11.3 Å². The Bertz CT molecular complexity index is 842. The van der Waals surface area contributed by atoms with Gasteiger partial charge in [-0.15, -0.1) is 0 Å². The molecule has 0 fully saturated rings. The Morgan fingerprint density at radius 3 is 2.50 bits per heavy atom. The number of anilines is 1. The van der Waals surface area contributed by atoms with Crippen LogP contribution in [0.5, 0.6) is 5.75 Å². The highest BCUT2D eigenvalue weighted by molar-refractivity contribution is 6.31. The van der Waals surface area contributed by atoms with Crippen LogP contribution >= 0.6 is 11.6 Å². The number of hydrogen-bond acceptors (Lipinski definition) is 4. The maximum Gasteiger partial charge on any atom is 0.262 e. The molecule has 26 heavy (non-hydrogen) atoms. The number of nitriles is 1. The molecule has 2 aromatic carbocycles. The molecule has 0 saturated heterocycles. The highest BCUT2D eigenvalue weighted by Crippen LogP contribution is 2.21. The Balaban J connectivity index is 2.04. The average molecular weight is 372 g/mol. The lowest BCUT2D eigenvalue weighted by Gasteiger charge is -2.14. The molecule has 2 aromatic rings. The van der Waals surface area contributed by atoms with E-state index in [1.807, 2.05) is 19.9 Å². The van der Waals surface area contributed by atoms with Crippen molar-refractivity contribution in [2.75, 3.05) is 11.9 Å². The molecular formula is C19H18ClN3O3. The predicted molar refractivity (Wildman–Crippen MR) is 99.3 cm³/mol. The SMILES string of the molecule is CC(C)NC(=O)c1ccc(Cl)cc1NC(=O)COc1ccc(C#N)cc1. The molecule has 0 saturated carbocycles. The van der Waals surface area contributed by atoms with E-state index in [-0.39, 0.29) is 18.6 Å². The van der Waals surface area contributed by atoms with Crippen molar-refractivity contribution in [1.29, 1.82) is 5.26 Å². The second kappa shape index (κ2) is 8.88. The second-order valence-corrected chi connectivity index (χ2v) is 6.23. The number of hydrogen-bond donors (Lipinski definition) is 2. The third-order valence-corrected chi connectivity index (χ3v) is 3.51. The highest BCUT2D eigenvalue weighted by atomic mass is 35.5. The smallest absolute Gasteiger partial charge is 0.262 e. The summed E-state index contributed by atoms with van der Waals surface area (Å²) >= 11 is 5.97. The van der Waals surface area contributed by atoms with Crippen LogP contribution in [0.1, 0.15) is 29.8 Å². The summed E-state index contributed by atoms with van der Waals surface area (Å²) in [5.74, 6) is -0.279. The maximum atomic E-state index is 12.2. The number of nitrogens with zero attached hydrogens (tertiary/aromatic N) is 1. The van der Waals surface area contributed by atoms with Gasteiger partial charge < -0.3 is 15.4 Å². The van der Waals surface area contributed by atoms with E-state index >= 15 is 0 Å². The van der Waals surface area contributed by atoms with E-state index in [0.717, 1.165) is 0 Å². The first-order valence-electron chi connectivity index (χ1n) is 7.92. The van der Waals surface area contributed by atoms with Crippen molar-refractivity contribution in [3.8, 4) is 11.8 Å². The summed E-state index contributed by atoms with van der Waals surface area (Å²) in [6.07, 6.45) is 0. The van der Waals surface area contributed by atoms with E-state index < -0.39 is 5.91 Å². The van der Waals surface area contributed by atoms with Gasteiger partial charge in [-0.25, -0.2) is 0 Å². The van der Waals surface area contributed by atoms with Gasteiger partial charge in [-0.1, -0.05) is 11.6 Å². The lowest BCUT2D eigenvalue weighted by molar-refractivity contribution is -0.118. The lowest BCUT2D eigenvalue weighted by atomic mass is 10.1. The van der Waals surface area contributed by atoms with Crippen LogP contribution < -0.4 is 15.4 Å². The molecule has 0 unspecified atom stereocenters. The maximum absolute atomic E-state index is 12.2. The van der Waals surface area contributed by atoms with Crippen molar-refractivity contribution >= 4 is 29.1 Å². The van der Waals surface area contributed by atoms with Crippen LogP contribution in [-0.4, -0.2) is 24.5 Å². The molecule has 6 nitrogen and oxygen atoms in total. The summed E-state index contributed by atoms with van der Waals surface area (Å²) in [5, 5.41) is 14.6. The molecule has 0 aliphatic carbocycles. The van der Waals surface area contributed by atoms with Crippen LogP contribution in [0.4, 0.5) is 5.69 Å². The Labute approximate surface area is 156 Å². The third kappa shape index (κ3) is 5.50. The van der Waals surface area contributed by atoms with Crippen molar-refractivity contribution in [1.82, 2.24) is 5.32 Å². The van der Waals surface area contributed by atoms with Gasteiger partial charge in [-0.3, -0.25) is 9.59 Å². The van der Waals surface area contributed by atoms with E-state index in [2.05, 4.69) is 10.6 Å². The van der Waals surface area contributed by atoms with E-state index in [4.69, 9.17) is 21.6 Å². The zero-order valence-corrected chi connectivity index (χ0v) is 15.1. The van der Waals surface area contributed by atoms with Gasteiger partial charge in [0.15, 0.2) is 6.61 Å². The van der Waals surface area contributed by atoms with Gasteiger partial charge in [-0.2, -0.15) is 5.26 Å². The van der Waals surface area contributed by atoms with Gasteiger partial charge in [-0.05, 0) is 56.3 Å². The summed E-state index contributed by atoms with van der Waals surface area (Å²) in [4.78, 5) is 24.4. The fourth-order valence-corrected chi connectivity index (χ4v) is 2.29. The van der Waals surface area contributed by atoms with Gasteiger partial charge in [0.05, 0.1) is 22.9 Å². The van der Waals surface area contributed by atoms with Crippen molar-refractivity contribution in [2.45, 2.75) is 19.9 Å². The zero-order valence-electron chi connectivity index (χ0n) is 14.4. The molecule has 0 spiro atoms.